The number of rotatable bonds is 1. The monoisotopic (exact) mass is 170 g/mol. The lowest BCUT2D eigenvalue weighted by Crippen LogP contribution is -2.02. The summed E-state index contributed by atoms with van der Waals surface area (Å²) in [6.07, 6.45) is 0. The Labute approximate surface area is 71.4 Å². The summed E-state index contributed by atoms with van der Waals surface area (Å²) < 4.78 is 0. The van der Waals surface area contributed by atoms with Gasteiger partial charge in [-0.2, -0.15) is 0 Å². The first-order valence-corrected chi connectivity index (χ1v) is 3.56. The zero-order valence-electron chi connectivity index (χ0n) is 6.77. The van der Waals surface area contributed by atoms with Crippen LogP contribution >= 0.6 is 0 Å². The van der Waals surface area contributed by atoms with Crippen LogP contribution in [-0.2, 0) is 0 Å². The van der Waals surface area contributed by atoms with E-state index in [-0.39, 0.29) is 12.4 Å². The first kappa shape index (κ1) is 10.7. The summed E-state index contributed by atoms with van der Waals surface area (Å²) in [5, 5.41) is 16.5. The fraction of sp³-hybridized carbons (Fsp3) is 0.250. The number of aliphatic hydroxyl groups is 1. The minimum absolute atomic E-state index is 0.0972. The summed E-state index contributed by atoms with van der Waals surface area (Å²) in [4.78, 5) is 0. The Morgan fingerprint density at radius 2 is 1.75 bits per heavy atom. The second-order valence-electron chi connectivity index (χ2n) is 2.07. The van der Waals surface area contributed by atoms with E-state index in [1.807, 2.05) is 0 Å². The average molecular weight is 170 g/mol. The highest BCUT2D eigenvalue weighted by atomic mass is 16.3. The van der Waals surface area contributed by atoms with Gasteiger partial charge in [0, 0.05) is 6.54 Å². The Morgan fingerprint density at radius 1 is 1.25 bits per heavy atom. The number of nitrogen functional groups attached to an aromatic ring is 1. The van der Waals surface area contributed by atoms with Crippen molar-refractivity contribution in [3.8, 4) is 5.75 Å². The van der Waals surface area contributed by atoms with E-state index in [2.05, 4.69) is 0 Å². The van der Waals surface area contributed by atoms with E-state index < -0.39 is 0 Å². The molecule has 0 aliphatic heterocycles. The molecule has 1 rings (SSSR count). The topological polar surface area (TPSA) is 92.5 Å². The molecule has 4 heteroatoms. The largest absolute Gasteiger partial charge is 0.506 e. The molecule has 0 saturated carbocycles. The van der Waals surface area contributed by atoms with Crippen molar-refractivity contribution < 1.29 is 10.2 Å². The maximum Gasteiger partial charge on any atom is 0.138 e. The molecule has 12 heavy (non-hydrogen) atoms. The molecule has 4 nitrogen and oxygen atoms in total. The van der Waals surface area contributed by atoms with Gasteiger partial charge in [-0.3, -0.25) is 0 Å². The van der Waals surface area contributed by atoms with E-state index >= 15 is 0 Å². The SMILES string of the molecule is NCCO.Nc1ccccc1O. The number of phenolic OH excluding ortho intramolecular Hbond substituents is 1. The molecule has 0 amide bonds. The molecular formula is C8H14N2O2. The van der Waals surface area contributed by atoms with Crippen LogP contribution in [-0.4, -0.2) is 23.4 Å². The van der Waals surface area contributed by atoms with Crippen LogP contribution in [0.15, 0.2) is 24.3 Å². The fourth-order valence-corrected chi connectivity index (χ4v) is 0.488. The molecule has 6 N–H and O–H groups in total. The zero-order valence-corrected chi connectivity index (χ0v) is 6.77. The summed E-state index contributed by atoms with van der Waals surface area (Å²) >= 11 is 0. The van der Waals surface area contributed by atoms with E-state index in [1.54, 1.807) is 24.3 Å². The Bertz CT molecular complexity index is 193. The number of anilines is 1. The van der Waals surface area contributed by atoms with Gasteiger partial charge < -0.3 is 21.7 Å². The molecule has 1 aromatic rings. The number of nitrogens with two attached hydrogens (primary N) is 2. The van der Waals surface area contributed by atoms with E-state index in [0.717, 1.165) is 0 Å². The summed E-state index contributed by atoms with van der Waals surface area (Å²) in [7, 11) is 0. The molecule has 0 saturated heterocycles. The van der Waals surface area contributed by atoms with Crippen LogP contribution in [0.25, 0.3) is 0 Å². The number of benzene rings is 1. The number of aromatic hydroxyl groups is 1. The van der Waals surface area contributed by atoms with Crippen LogP contribution in [0.5, 0.6) is 5.75 Å². The fourth-order valence-electron chi connectivity index (χ4n) is 0.488. The van der Waals surface area contributed by atoms with Gasteiger partial charge in [0.1, 0.15) is 5.75 Å². The lowest BCUT2D eigenvalue weighted by molar-refractivity contribution is 0.306. The zero-order chi connectivity index (χ0) is 9.40. The summed E-state index contributed by atoms with van der Waals surface area (Å²) in [5.74, 6) is 0.146. The number of phenols is 1. The summed E-state index contributed by atoms with van der Waals surface area (Å²) in [5.41, 5.74) is 10.5. The molecule has 0 atom stereocenters. The second kappa shape index (κ2) is 6.45. The van der Waals surface area contributed by atoms with Gasteiger partial charge in [0.05, 0.1) is 12.3 Å². The van der Waals surface area contributed by atoms with Crippen LogP contribution in [0.3, 0.4) is 0 Å². The molecule has 0 unspecified atom stereocenters. The number of hydrogen-bond acceptors (Lipinski definition) is 4. The van der Waals surface area contributed by atoms with E-state index in [9.17, 15) is 0 Å². The minimum Gasteiger partial charge on any atom is -0.506 e. The van der Waals surface area contributed by atoms with Crippen molar-refractivity contribution in [2.45, 2.75) is 0 Å². The third kappa shape index (κ3) is 4.54. The van der Waals surface area contributed by atoms with Crippen molar-refractivity contribution >= 4 is 5.69 Å². The number of aliphatic hydroxyl groups excluding tert-OH is 1. The van der Waals surface area contributed by atoms with Crippen molar-refractivity contribution in [1.29, 1.82) is 0 Å². The molecule has 1 aromatic carbocycles. The van der Waals surface area contributed by atoms with Crippen molar-refractivity contribution in [3.05, 3.63) is 24.3 Å². The van der Waals surface area contributed by atoms with E-state index in [4.69, 9.17) is 21.7 Å². The molecule has 0 spiro atoms. The molecule has 0 radical (unpaired) electrons. The van der Waals surface area contributed by atoms with Crippen LogP contribution in [0.4, 0.5) is 5.69 Å². The Kier molecular flexibility index (Phi) is 5.77. The maximum absolute atomic E-state index is 8.79. The predicted molar refractivity (Wildman–Crippen MR) is 48.7 cm³/mol. The summed E-state index contributed by atoms with van der Waals surface area (Å²) in [6, 6.07) is 6.70. The van der Waals surface area contributed by atoms with Crippen LogP contribution < -0.4 is 11.5 Å². The van der Waals surface area contributed by atoms with Gasteiger partial charge in [-0.25, -0.2) is 0 Å². The molecule has 0 aliphatic rings. The van der Waals surface area contributed by atoms with Gasteiger partial charge in [-0.05, 0) is 12.1 Å². The molecule has 0 bridgehead atoms. The van der Waals surface area contributed by atoms with Crippen molar-refractivity contribution in [1.82, 2.24) is 0 Å². The highest BCUT2D eigenvalue weighted by molar-refractivity contribution is 5.50. The van der Waals surface area contributed by atoms with Gasteiger partial charge in [0.15, 0.2) is 0 Å². The lowest BCUT2D eigenvalue weighted by Gasteiger charge is -1.92. The highest BCUT2D eigenvalue weighted by Gasteiger charge is 1.87. The number of para-hydroxylation sites is 2. The standard InChI is InChI=1S/C6H7NO.C2H7NO/c7-5-3-1-2-4-6(5)8;3-1-2-4/h1-4,8H,7H2;4H,1-3H2. The third-order valence-electron chi connectivity index (χ3n) is 1.07. The van der Waals surface area contributed by atoms with Gasteiger partial charge in [0.2, 0.25) is 0 Å². The van der Waals surface area contributed by atoms with Crippen LogP contribution in [0, 0.1) is 0 Å². The first-order chi connectivity index (χ1) is 5.72. The van der Waals surface area contributed by atoms with E-state index in [0.29, 0.717) is 12.2 Å². The molecule has 0 aliphatic carbocycles. The molecular weight excluding hydrogens is 156 g/mol. The van der Waals surface area contributed by atoms with Crippen LogP contribution in [0.2, 0.25) is 0 Å². The summed E-state index contributed by atoms with van der Waals surface area (Å²) in [6.45, 7) is 0.472. The molecule has 68 valence electrons. The normalized spacial score (nSPS) is 8.50. The molecule has 0 aromatic heterocycles. The van der Waals surface area contributed by atoms with Crippen LogP contribution in [0.1, 0.15) is 0 Å². The molecule has 0 heterocycles. The Balaban J connectivity index is 0.000000261. The quantitative estimate of drug-likeness (QED) is 0.350. The van der Waals surface area contributed by atoms with Gasteiger partial charge in [-0.15, -0.1) is 0 Å². The predicted octanol–water partition coefficient (Wildman–Crippen LogP) is -0.0882. The lowest BCUT2D eigenvalue weighted by atomic mass is 10.3. The third-order valence-corrected chi connectivity index (χ3v) is 1.07. The van der Waals surface area contributed by atoms with Gasteiger partial charge in [0.25, 0.3) is 0 Å². The van der Waals surface area contributed by atoms with Gasteiger partial charge >= 0.3 is 0 Å². The van der Waals surface area contributed by atoms with E-state index in [1.165, 1.54) is 0 Å². The Morgan fingerprint density at radius 3 is 2.00 bits per heavy atom. The number of hydrogen-bond donors (Lipinski definition) is 4. The highest BCUT2D eigenvalue weighted by Crippen LogP contribution is 2.16. The van der Waals surface area contributed by atoms with Crippen molar-refractivity contribution in [2.75, 3.05) is 18.9 Å². The first-order valence-electron chi connectivity index (χ1n) is 3.56. The van der Waals surface area contributed by atoms with Crippen molar-refractivity contribution in [3.63, 3.8) is 0 Å². The van der Waals surface area contributed by atoms with Gasteiger partial charge in [-0.1, -0.05) is 12.1 Å². The Hall–Kier alpha value is -1.26. The van der Waals surface area contributed by atoms with Crippen molar-refractivity contribution in [2.24, 2.45) is 5.73 Å². The molecule has 0 fully saturated rings. The maximum atomic E-state index is 8.79. The smallest absolute Gasteiger partial charge is 0.138 e. The average Bonchev–Trinajstić information content (AvgIpc) is 2.11. The minimum atomic E-state index is 0.0972. The second-order valence-corrected chi connectivity index (χ2v) is 2.07.